The summed E-state index contributed by atoms with van der Waals surface area (Å²) in [7, 11) is 0. The summed E-state index contributed by atoms with van der Waals surface area (Å²) in [5.41, 5.74) is 1.41. The molecule has 0 saturated carbocycles. The minimum Gasteiger partial charge on any atom is -0.475 e. The van der Waals surface area contributed by atoms with E-state index in [4.69, 9.17) is 19.4 Å². The van der Waals surface area contributed by atoms with Crippen LogP contribution < -0.4 is 0 Å². The minimum absolute atomic E-state index is 0.0637. The highest BCUT2D eigenvalue weighted by atomic mass is 19.4. The number of hydrogen-bond acceptors (Lipinski definition) is 5. The van der Waals surface area contributed by atoms with Crippen LogP contribution in [0.25, 0.3) is 0 Å². The van der Waals surface area contributed by atoms with Crippen LogP contribution in [0.3, 0.4) is 0 Å². The van der Waals surface area contributed by atoms with Crippen LogP contribution in [0.5, 0.6) is 0 Å². The second-order valence-corrected chi connectivity index (χ2v) is 7.60. The number of carboxylic acid groups (broad SMARTS) is 1. The Morgan fingerprint density at radius 3 is 2.50 bits per heavy atom. The molecule has 1 aromatic heterocycles. The smallest absolute Gasteiger partial charge is 0.475 e. The lowest BCUT2D eigenvalue weighted by Gasteiger charge is -2.23. The van der Waals surface area contributed by atoms with Gasteiger partial charge >= 0.3 is 12.1 Å². The first-order chi connectivity index (χ1) is 15.2. The van der Waals surface area contributed by atoms with E-state index >= 15 is 0 Å². The molecule has 172 valence electrons. The van der Waals surface area contributed by atoms with Crippen molar-refractivity contribution in [2.75, 3.05) is 19.7 Å². The molecule has 32 heavy (non-hydrogen) atoms. The van der Waals surface area contributed by atoms with Gasteiger partial charge in [-0.15, -0.1) is 0 Å². The largest absolute Gasteiger partial charge is 0.490 e. The number of amides is 1. The number of pyridine rings is 1. The Morgan fingerprint density at radius 2 is 1.88 bits per heavy atom. The van der Waals surface area contributed by atoms with E-state index in [0.29, 0.717) is 19.8 Å². The summed E-state index contributed by atoms with van der Waals surface area (Å²) in [6.45, 7) is 2.46. The zero-order valence-electron chi connectivity index (χ0n) is 17.1. The van der Waals surface area contributed by atoms with Crippen molar-refractivity contribution in [2.24, 2.45) is 0 Å². The quantitative estimate of drug-likeness (QED) is 0.766. The number of likely N-dealkylation sites (tertiary alicyclic amines) is 1. The maximum Gasteiger partial charge on any atom is 0.490 e. The Labute approximate surface area is 182 Å². The van der Waals surface area contributed by atoms with Crippen molar-refractivity contribution in [3.8, 4) is 0 Å². The molecule has 0 bridgehead atoms. The van der Waals surface area contributed by atoms with Gasteiger partial charge in [0.05, 0.1) is 37.2 Å². The standard InChI is InChI=1S/C20H22N2O3.C2HF3O2/c23-19(16-6-2-1-3-7-16)22-11-9-20(15-22)12-18(14-25-20)24-13-17-8-4-5-10-21-17;3-2(4,5)1(6)7/h1-8,10,18H,9,11-15H2;(H,6,7)/t18-,20-;/m0./s1. The van der Waals surface area contributed by atoms with Gasteiger partial charge in [-0.05, 0) is 30.7 Å². The molecular weight excluding hydrogens is 429 g/mol. The van der Waals surface area contributed by atoms with E-state index in [-0.39, 0.29) is 17.6 Å². The number of hydrogen-bond donors (Lipinski definition) is 1. The lowest BCUT2D eigenvalue weighted by atomic mass is 9.98. The summed E-state index contributed by atoms with van der Waals surface area (Å²) in [6.07, 6.45) is -1.54. The molecule has 0 aliphatic carbocycles. The van der Waals surface area contributed by atoms with Gasteiger partial charge in [-0.3, -0.25) is 9.78 Å². The summed E-state index contributed by atoms with van der Waals surface area (Å²) in [5, 5.41) is 7.12. The molecular formula is C22H23F3N2O5. The summed E-state index contributed by atoms with van der Waals surface area (Å²) in [5.74, 6) is -2.67. The molecule has 2 aromatic rings. The van der Waals surface area contributed by atoms with Gasteiger partial charge in [-0.25, -0.2) is 4.79 Å². The van der Waals surface area contributed by atoms with Crippen LogP contribution in [-0.4, -0.2) is 64.4 Å². The van der Waals surface area contributed by atoms with E-state index in [1.165, 1.54) is 0 Å². The third-order valence-corrected chi connectivity index (χ3v) is 5.23. The maximum atomic E-state index is 12.6. The molecule has 2 fully saturated rings. The third kappa shape index (κ3) is 6.27. The molecule has 2 aliphatic heterocycles. The Morgan fingerprint density at radius 1 is 1.19 bits per heavy atom. The maximum absolute atomic E-state index is 12.6. The number of halogens is 3. The molecule has 1 spiro atoms. The number of carbonyl (C=O) groups excluding carboxylic acids is 1. The number of rotatable bonds is 4. The third-order valence-electron chi connectivity index (χ3n) is 5.23. The highest BCUT2D eigenvalue weighted by Crippen LogP contribution is 2.37. The van der Waals surface area contributed by atoms with Crippen LogP contribution in [0.2, 0.25) is 0 Å². The van der Waals surface area contributed by atoms with Crippen LogP contribution >= 0.6 is 0 Å². The Kier molecular flexibility index (Phi) is 7.47. The molecule has 2 saturated heterocycles. The number of nitrogens with zero attached hydrogens (tertiary/aromatic N) is 2. The van der Waals surface area contributed by atoms with E-state index in [1.807, 2.05) is 53.4 Å². The molecule has 3 heterocycles. The Balaban J connectivity index is 0.000000360. The molecule has 1 amide bonds. The first kappa shape index (κ1) is 23.7. The molecule has 10 heteroatoms. The number of benzene rings is 1. The number of aliphatic carboxylic acids is 1. The number of carbonyl (C=O) groups is 2. The number of ether oxygens (including phenoxy) is 2. The summed E-state index contributed by atoms with van der Waals surface area (Å²) >= 11 is 0. The van der Waals surface area contributed by atoms with E-state index in [2.05, 4.69) is 4.98 Å². The average molecular weight is 452 g/mol. The van der Waals surface area contributed by atoms with Crippen molar-refractivity contribution in [1.82, 2.24) is 9.88 Å². The SMILES string of the molecule is O=C(O)C(F)(F)F.O=C(c1ccccc1)N1CC[C@]2(C[C@H](OCc3ccccn3)CO2)C1. The van der Waals surface area contributed by atoms with Crippen molar-refractivity contribution in [3.63, 3.8) is 0 Å². The first-order valence-corrected chi connectivity index (χ1v) is 9.98. The van der Waals surface area contributed by atoms with E-state index < -0.39 is 12.1 Å². The van der Waals surface area contributed by atoms with Crippen molar-refractivity contribution < 1.29 is 37.3 Å². The second-order valence-electron chi connectivity index (χ2n) is 7.60. The molecule has 2 aliphatic rings. The van der Waals surface area contributed by atoms with Crippen LogP contribution in [0.1, 0.15) is 28.9 Å². The van der Waals surface area contributed by atoms with Gasteiger partial charge in [-0.1, -0.05) is 24.3 Å². The van der Waals surface area contributed by atoms with Crippen molar-refractivity contribution in [2.45, 2.75) is 37.3 Å². The predicted molar refractivity (Wildman–Crippen MR) is 107 cm³/mol. The topological polar surface area (TPSA) is 89.0 Å². The second kappa shape index (κ2) is 10.1. The van der Waals surface area contributed by atoms with E-state index in [0.717, 1.165) is 30.6 Å². The summed E-state index contributed by atoms with van der Waals surface area (Å²) in [4.78, 5) is 27.7. The number of alkyl halides is 3. The monoisotopic (exact) mass is 452 g/mol. The molecule has 7 nitrogen and oxygen atoms in total. The van der Waals surface area contributed by atoms with Gasteiger partial charge in [0.1, 0.15) is 0 Å². The van der Waals surface area contributed by atoms with Crippen LogP contribution in [0.15, 0.2) is 54.7 Å². The fourth-order valence-corrected chi connectivity index (χ4v) is 3.66. The highest BCUT2D eigenvalue weighted by Gasteiger charge is 2.47. The molecule has 0 radical (unpaired) electrons. The summed E-state index contributed by atoms with van der Waals surface area (Å²) < 4.78 is 43.8. The van der Waals surface area contributed by atoms with Crippen molar-refractivity contribution in [1.29, 1.82) is 0 Å². The summed E-state index contributed by atoms with van der Waals surface area (Å²) in [6, 6.07) is 15.3. The van der Waals surface area contributed by atoms with Gasteiger partial charge in [0, 0.05) is 24.7 Å². The zero-order chi connectivity index (χ0) is 23.2. The van der Waals surface area contributed by atoms with Gasteiger partial charge in [-0.2, -0.15) is 13.2 Å². The van der Waals surface area contributed by atoms with Gasteiger partial charge in [0.15, 0.2) is 0 Å². The van der Waals surface area contributed by atoms with E-state index in [1.54, 1.807) is 6.20 Å². The normalized spacial score (nSPS) is 22.5. The van der Waals surface area contributed by atoms with Crippen LogP contribution in [0.4, 0.5) is 13.2 Å². The Hall–Kier alpha value is -2.98. The fourth-order valence-electron chi connectivity index (χ4n) is 3.66. The number of aromatic nitrogens is 1. The zero-order valence-corrected chi connectivity index (χ0v) is 17.1. The van der Waals surface area contributed by atoms with Crippen LogP contribution in [-0.2, 0) is 20.9 Å². The van der Waals surface area contributed by atoms with Crippen LogP contribution in [0, 0.1) is 0 Å². The minimum atomic E-state index is -5.08. The lowest BCUT2D eigenvalue weighted by molar-refractivity contribution is -0.192. The van der Waals surface area contributed by atoms with Gasteiger partial charge in [0.2, 0.25) is 0 Å². The highest BCUT2D eigenvalue weighted by molar-refractivity contribution is 5.94. The average Bonchev–Trinajstić information content (AvgIpc) is 3.39. The molecule has 1 aromatic carbocycles. The first-order valence-electron chi connectivity index (χ1n) is 9.98. The number of carboxylic acids is 1. The van der Waals surface area contributed by atoms with Gasteiger partial charge < -0.3 is 19.5 Å². The van der Waals surface area contributed by atoms with Gasteiger partial charge in [0.25, 0.3) is 5.91 Å². The Bertz CT molecular complexity index is 911. The predicted octanol–water partition coefficient (Wildman–Crippen LogP) is 3.31. The van der Waals surface area contributed by atoms with Crippen molar-refractivity contribution in [3.05, 3.63) is 66.0 Å². The lowest BCUT2D eigenvalue weighted by Crippen LogP contribution is -2.36. The molecule has 0 unspecified atom stereocenters. The molecule has 2 atom stereocenters. The fraction of sp³-hybridized carbons (Fsp3) is 0.409. The van der Waals surface area contributed by atoms with E-state index in [9.17, 15) is 18.0 Å². The molecule has 1 N–H and O–H groups in total. The van der Waals surface area contributed by atoms with Crippen molar-refractivity contribution >= 4 is 11.9 Å². The molecule has 4 rings (SSSR count).